The molecule has 0 aliphatic heterocycles. The molecule has 0 radical (unpaired) electrons. The molecule has 4 heteroatoms. The first-order valence-electron chi connectivity index (χ1n) is 4.37. The van der Waals surface area contributed by atoms with Gasteiger partial charge in [0.1, 0.15) is 0 Å². The molecule has 0 aliphatic rings. The first-order chi connectivity index (χ1) is 7.24. The quantitative estimate of drug-likeness (QED) is 0.455. The van der Waals surface area contributed by atoms with Crippen molar-refractivity contribution in [3.63, 3.8) is 0 Å². The van der Waals surface area contributed by atoms with E-state index < -0.39 is 26.0 Å². The van der Waals surface area contributed by atoms with Gasteiger partial charge in [-0.1, -0.05) is 0 Å². The van der Waals surface area contributed by atoms with Crippen LogP contribution in [-0.4, -0.2) is 32.6 Å². The third kappa shape index (κ3) is 4.28. The number of carbonyl (C=O) groups excluding carboxylic acids is 1. The minimum absolute atomic E-state index is 0.0596. The molecule has 0 amide bonds. The monoisotopic (exact) mass is 274 g/mol. The summed E-state index contributed by atoms with van der Waals surface area (Å²) in [4.78, 5) is 11.1. The van der Waals surface area contributed by atoms with Gasteiger partial charge in [0.05, 0.1) is 0 Å². The van der Waals surface area contributed by atoms with Crippen molar-refractivity contribution in [3.05, 3.63) is 43.0 Å². The molecule has 1 aromatic carbocycles. The van der Waals surface area contributed by atoms with Crippen LogP contribution in [0.25, 0.3) is 0 Å². The van der Waals surface area contributed by atoms with E-state index in [-0.39, 0.29) is 6.61 Å². The number of halogens is 1. The molecule has 0 N–H and O–H groups in total. The normalized spacial score (nSPS) is 11.8. The van der Waals surface area contributed by atoms with E-state index in [1.807, 2.05) is 18.2 Å². The Hall–Kier alpha value is -1.12. The molecule has 0 fully saturated rings. The van der Waals surface area contributed by atoms with Gasteiger partial charge in [0.15, 0.2) is 0 Å². The number of esters is 1. The van der Waals surface area contributed by atoms with E-state index in [9.17, 15) is 9.18 Å². The van der Waals surface area contributed by atoms with E-state index in [2.05, 4.69) is 11.3 Å². The molecule has 0 spiro atoms. The van der Waals surface area contributed by atoms with E-state index in [4.69, 9.17) is 0 Å². The number of benzene rings is 1. The number of alkyl halides is 1. The Morgan fingerprint density at radius 3 is 2.80 bits per heavy atom. The Bertz CT molecular complexity index is 327. The zero-order valence-corrected chi connectivity index (χ0v) is 9.77. The SMILES string of the molecule is C=CCOC(=O)C(F)[Se]c1ccccc1. The van der Waals surface area contributed by atoms with Gasteiger partial charge in [-0.25, -0.2) is 0 Å². The zero-order chi connectivity index (χ0) is 11.1. The maximum atomic E-state index is 13.3. The predicted octanol–water partition coefficient (Wildman–Crippen LogP) is 1.04. The summed E-state index contributed by atoms with van der Waals surface area (Å²) >= 11 is -0.528. The third-order valence-corrected chi connectivity index (χ3v) is 3.49. The average molecular weight is 273 g/mol. The molecule has 80 valence electrons. The van der Waals surface area contributed by atoms with Crippen LogP contribution in [0.1, 0.15) is 0 Å². The van der Waals surface area contributed by atoms with Crippen LogP contribution < -0.4 is 4.46 Å². The van der Waals surface area contributed by atoms with Gasteiger partial charge in [0, 0.05) is 0 Å². The minimum atomic E-state index is -1.54. The van der Waals surface area contributed by atoms with Crippen molar-refractivity contribution < 1.29 is 13.9 Å². The van der Waals surface area contributed by atoms with Gasteiger partial charge in [0.2, 0.25) is 0 Å². The topological polar surface area (TPSA) is 26.3 Å². The summed E-state index contributed by atoms with van der Waals surface area (Å²) in [6.07, 6.45) is 1.42. The van der Waals surface area contributed by atoms with Gasteiger partial charge in [-0.3, -0.25) is 0 Å². The molecular weight excluding hydrogens is 262 g/mol. The first-order valence-corrected chi connectivity index (χ1v) is 6.22. The molecular formula is C11H11FO2Se. The summed E-state index contributed by atoms with van der Waals surface area (Å²) in [5.41, 5.74) is 0. The van der Waals surface area contributed by atoms with E-state index in [1.54, 1.807) is 12.1 Å². The summed E-state index contributed by atoms with van der Waals surface area (Å²) in [6.45, 7) is 3.44. The number of rotatable bonds is 5. The van der Waals surface area contributed by atoms with Gasteiger partial charge in [0.25, 0.3) is 0 Å². The summed E-state index contributed by atoms with van der Waals surface area (Å²) < 4.78 is 18.8. The van der Waals surface area contributed by atoms with Crippen molar-refractivity contribution in [1.29, 1.82) is 0 Å². The molecule has 0 bridgehead atoms. The fourth-order valence-electron chi connectivity index (χ4n) is 0.873. The summed E-state index contributed by atoms with van der Waals surface area (Å²) in [7, 11) is 0. The van der Waals surface area contributed by atoms with E-state index in [1.165, 1.54) is 6.08 Å². The molecule has 0 saturated carbocycles. The van der Waals surface area contributed by atoms with Crippen molar-refractivity contribution >= 4 is 25.4 Å². The van der Waals surface area contributed by atoms with E-state index in [0.717, 1.165) is 4.46 Å². The van der Waals surface area contributed by atoms with Crippen molar-refractivity contribution in [1.82, 2.24) is 0 Å². The van der Waals surface area contributed by atoms with Crippen molar-refractivity contribution in [3.8, 4) is 0 Å². The van der Waals surface area contributed by atoms with Crippen LogP contribution in [0.15, 0.2) is 43.0 Å². The van der Waals surface area contributed by atoms with E-state index >= 15 is 0 Å². The molecule has 0 saturated heterocycles. The Balaban J connectivity index is 2.45. The summed E-state index contributed by atoms with van der Waals surface area (Å²) in [5, 5.41) is -1.54. The Morgan fingerprint density at radius 1 is 1.53 bits per heavy atom. The van der Waals surface area contributed by atoms with Crippen LogP contribution >= 0.6 is 0 Å². The Kier molecular flexibility index (Phi) is 5.08. The van der Waals surface area contributed by atoms with Crippen LogP contribution in [0, 0.1) is 0 Å². The molecule has 0 aliphatic carbocycles. The van der Waals surface area contributed by atoms with Crippen molar-refractivity contribution in [2.75, 3.05) is 6.61 Å². The van der Waals surface area contributed by atoms with Crippen molar-refractivity contribution in [2.24, 2.45) is 0 Å². The van der Waals surface area contributed by atoms with Crippen LogP contribution in [0.3, 0.4) is 0 Å². The molecule has 1 aromatic rings. The van der Waals surface area contributed by atoms with Crippen LogP contribution in [-0.2, 0) is 9.53 Å². The Labute approximate surface area is 94.3 Å². The van der Waals surface area contributed by atoms with Crippen LogP contribution in [0.2, 0.25) is 0 Å². The zero-order valence-electron chi connectivity index (χ0n) is 8.06. The first kappa shape index (κ1) is 12.0. The number of ether oxygens (including phenoxy) is 1. The molecule has 0 heterocycles. The molecule has 2 nitrogen and oxygen atoms in total. The van der Waals surface area contributed by atoms with E-state index in [0.29, 0.717) is 0 Å². The summed E-state index contributed by atoms with van der Waals surface area (Å²) in [6, 6.07) is 9.08. The number of hydrogen-bond donors (Lipinski definition) is 0. The molecule has 1 atom stereocenters. The second-order valence-electron chi connectivity index (χ2n) is 2.67. The summed E-state index contributed by atoms with van der Waals surface area (Å²) in [5.74, 6) is -0.807. The van der Waals surface area contributed by atoms with Gasteiger partial charge in [-0.15, -0.1) is 0 Å². The molecule has 1 rings (SSSR count). The Morgan fingerprint density at radius 2 is 2.20 bits per heavy atom. The fraction of sp³-hybridized carbons (Fsp3) is 0.182. The van der Waals surface area contributed by atoms with Gasteiger partial charge >= 0.3 is 94.0 Å². The van der Waals surface area contributed by atoms with Gasteiger partial charge < -0.3 is 0 Å². The standard InChI is InChI=1S/C11H11FO2Se/c1-2-8-14-11(13)10(12)15-9-6-4-3-5-7-9/h2-7,10H,1,8H2. The molecule has 1 unspecified atom stereocenters. The third-order valence-electron chi connectivity index (χ3n) is 1.51. The second-order valence-corrected chi connectivity index (χ2v) is 5.02. The fourth-order valence-corrected chi connectivity index (χ4v) is 2.38. The van der Waals surface area contributed by atoms with Crippen LogP contribution in [0.4, 0.5) is 4.39 Å². The van der Waals surface area contributed by atoms with Crippen LogP contribution in [0.5, 0.6) is 0 Å². The second kappa shape index (κ2) is 6.38. The van der Waals surface area contributed by atoms with Gasteiger partial charge in [-0.2, -0.15) is 0 Å². The maximum absolute atomic E-state index is 13.3. The number of hydrogen-bond acceptors (Lipinski definition) is 2. The number of carbonyl (C=O) groups is 1. The average Bonchev–Trinajstić information content (AvgIpc) is 2.27. The molecule has 0 aromatic heterocycles. The predicted molar refractivity (Wildman–Crippen MR) is 57.9 cm³/mol. The molecule has 15 heavy (non-hydrogen) atoms. The van der Waals surface area contributed by atoms with Crippen molar-refractivity contribution in [2.45, 2.75) is 5.07 Å². The van der Waals surface area contributed by atoms with Gasteiger partial charge in [-0.05, 0) is 0 Å².